The summed E-state index contributed by atoms with van der Waals surface area (Å²) in [5, 5.41) is 0. The third-order valence-corrected chi connectivity index (χ3v) is 2.47. The van der Waals surface area contributed by atoms with Gasteiger partial charge in [-0.25, -0.2) is 0 Å². The fraction of sp³-hybridized carbons (Fsp3) is 0.500. The van der Waals surface area contributed by atoms with E-state index in [1.807, 2.05) is 12.1 Å². The normalized spacial score (nSPS) is 11.9. The SMILES string of the molecule is Cc1cc(C(C)(C)C)ccc1OC[B-](F)(F)F.[K+]. The molecule has 0 saturated heterocycles. The molecule has 0 amide bonds. The molecule has 18 heavy (non-hydrogen) atoms. The summed E-state index contributed by atoms with van der Waals surface area (Å²) < 4.78 is 41.0. The van der Waals surface area contributed by atoms with Gasteiger partial charge in [-0.2, -0.15) is 0 Å². The molecular weight excluding hydrogens is 267 g/mol. The Hall–Kier alpha value is 0.511. The maximum atomic E-state index is 12.1. The van der Waals surface area contributed by atoms with E-state index in [4.69, 9.17) is 4.74 Å². The number of halogens is 3. The molecule has 1 aromatic carbocycles. The largest absolute Gasteiger partial charge is 1.00 e. The van der Waals surface area contributed by atoms with Gasteiger partial charge in [0, 0.05) is 0 Å². The first kappa shape index (κ1) is 18.5. The van der Waals surface area contributed by atoms with Crippen LogP contribution in [0.3, 0.4) is 0 Å². The van der Waals surface area contributed by atoms with Crippen LogP contribution in [0.5, 0.6) is 5.75 Å². The first-order valence-electron chi connectivity index (χ1n) is 5.54. The standard InChI is InChI=1S/C12H17BF3O.K/c1-9-7-10(12(2,3)4)5-6-11(9)17-8-13(14,15)16;/h5-7H,8H2,1-4H3;/q-1;+1. The summed E-state index contributed by atoms with van der Waals surface area (Å²) in [6.07, 6.45) is 0. The molecule has 96 valence electrons. The molecule has 1 nitrogen and oxygen atoms in total. The minimum Gasteiger partial charge on any atom is -0.521 e. The van der Waals surface area contributed by atoms with Gasteiger partial charge in [0.25, 0.3) is 0 Å². The molecule has 0 bridgehead atoms. The average molecular weight is 284 g/mol. The minimum absolute atomic E-state index is 0. The molecule has 1 aromatic rings. The molecule has 0 radical (unpaired) electrons. The Morgan fingerprint density at radius 2 is 1.72 bits per heavy atom. The molecule has 0 aliphatic carbocycles. The van der Waals surface area contributed by atoms with Crippen LogP contribution < -0.4 is 56.1 Å². The van der Waals surface area contributed by atoms with Gasteiger partial charge in [0.1, 0.15) is 5.75 Å². The van der Waals surface area contributed by atoms with Crippen LogP contribution in [0.15, 0.2) is 18.2 Å². The predicted octanol–water partition coefficient (Wildman–Crippen LogP) is 1.06. The molecule has 6 heteroatoms. The van der Waals surface area contributed by atoms with Gasteiger partial charge in [-0.05, 0) is 29.5 Å². The fourth-order valence-corrected chi connectivity index (χ4v) is 1.46. The molecule has 0 aliphatic rings. The van der Waals surface area contributed by atoms with Crippen LogP contribution >= 0.6 is 0 Å². The van der Waals surface area contributed by atoms with Crippen LogP contribution in [0.25, 0.3) is 0 Å². The van der Waals surface area contributed by atoms with E-state index in [0.717, 1.165) is 11.1 Å². The monoisotopic (exact) mass is 284 g/mol. The van der Waals surface area contributed by atoms with E-state index in [2.05, 4.69) is 20.8 Å². The van der Waals surface area contributed by atoms with Crippen molar-refractivity contribution in [3.8, 4) is 5.75 Å². The van der Waals surface area contributed by atoms with Crippen molar-refractivity contribution in [3.63, 3.8) is 0 Å². The summed E-state index contributed by atoms with van der Waals surface area (Å²) in [6, 6.07) is 5.29. The van der Waals surface area contributed by atoms with E-state index in [9.17, 15) is 12.9 Å². The fourth-order valence-electron chi connectivity index (χ4n) is 1.46. The first-order valence-corrected chi connectivity index (χ1v) is 5.54. The van der Waals surface area contributed by atoms with Gasteiger partial charge in [-0.3, -0.25) is 0 Å². The summed E-state index contributed by atoms with van der Waals surface area (Å²) in [5.41, 5.74) is 1.80. The molecule has 0 heterocycles. The minimum atomic E-state index is -4.90. The molecule has 0 fully saturated rings. The molecule has 0 aromatic heterocycles. The smallest absolute Gasteiger partial charge is 0.521 e. The van der Waals surface area contributed by atoms with Gasteiger partial charge < -0.3 is 17.7 Å². The maximum absolute atomic E-state index is 12.1. The Bertz CT molecular complexity index is 399. The molecular formula is C12H17BF3KO. The molecule has 0 unspecified atom stereocenters. The van der Waals surface area contributed by atoms with Crippen molar-refractivity contribution < 1.29 is 69.1 Å². The topological polar surface area (TPSA) is 9.23 Å². The zero-order valence-electron chi connectivity index (χ0n) is 11.6. The summed E-state index contributed by atoms with van der Waals surface area (Å²) >= 11 is 0. The van der Waals surface area contributed by atoms with E-state index in [-0.39, 0.29) is 56.8 Å². The first-order chi connectivity index (χ1) is 7.59. The third kappa shape index (κ3) is 6.10. The van der Waals surface area contributed by atoms with Crippen LogP contribution in [0.2, 0.25) is 0 Å². The van der Waals surface area contributed by atoms with Crippen molar-refractivity contribution in [2.24, 2.45) is 0 Å². The number of ether oxygens (including phenoxy) is 1. The summed E-state index contributed by atoms with van der Waals surface area (Å²) in [7, 11) is 0. The van der Waals surface area contributed by atoms with Gasteiger partial charge in [0.15, 0.2) is 0 Å². The Morgan fingerprint density at radius 3 is 2.11 bits per heavy atom. The number of hydrogen-bond acceptors (Lipinski definition) is 1. The number of hydrogen-bond donors (Lipinski definition) is 0. The third-order valence-electron chi connectivity index (χ3n) is 2.47. The number of aryl methyl sites for hydroxylation is 1. The van der Waals surface area contributed by atoms with Crippen LogP contribution in [0.1, 0.15) is 31.9 Å². The molecule has 1 rings (SSSR count). The van der Waals surface area contributed by atoms with Crippen LogP contribution in [-0.2, 0) is 5.41 Å². The van der Waals surface area contributed by atoms with E-state index < -0.39 is 13.5 Å². The molecule has 0 spiro atoms. The Balaban J connectivity index is 0.00000289. The molecule has 0 N–H and O–H groups in total. The van der Waals surface area contributed by atoms with Gasteiger partial charge >= 0.3 is 58.4 Å². The van der Waals surface area contributed by atoms with Gasteiger partial charge in [-0.1, -0.05) is 32.9 Å². The Labute approximate surface area is 149 Å². The zero-order chi connectivity index (χ0) is 13.3. The second-order valence-electron chi connectivity index (χ2n) is 5.25. The van der Waals surface area contributed by atoms with E-state index in [0.29, 0.717) is 5.75 Å². The molecule has 0 atom stereocenters. The van der Waals surface area contributed by atoms with Crippen molar-refractivity contribution in [2.45, 2.75) is 33.1 Å². The van der Waals surface area contributed by atoms with Crippen molar-refractivity contribution in [3.05, 3.63) is 29.3 Å². The van der Waals surface area contributed by atoms with Crippen LogP contribution in [-0.4, -0.2) is 13.5 Å². The van der Waals surface area contributed by atoms with Crippen molar-refractivity contribution in [1.29, 1.82) is 0 Å². The quantitative estimate of drug-likeness (QED) is 0.754. The zero-order valence-corrected chi connectivity index (χ0v) is 14.7. The number of rotatable bonds is 3. The Kier molecular flexibility index (Phi) is 6.99. The van der Waals surface area contributed by atoms with Crippen molar-refractivity contribution in [1.82, 2.24) is 0 Å². The van der Waals surface area contributed by atoms with E-state index in [1.54, 1.807) is 13.0 Å². The van der Waals surface area contributed by atoms with Gasteiger partial charge in [0.2, 0.25) is 0 Å². The van der Waals surface area contributed by atoms with Crippen molar-refractivity contribution in [2.75, 3.05) is 6.51 Å². The summed E-state index contributed by atoms with van der Waals surface area (Å²) in [4.78, 5) is 0. The molecule has 0 aliphatic heterocycles. The van der Waals surface area contributed by atoms with Crippen molar-refractivity contribution >= 4 is 6.98 Å². The Morgan fingerprint density at radius 1 is 1.17 bits per heavy atom. The van der Waals surface area contributed by atoms with Gasteiger partial charge in [0.05, 0.1) is 6.51 Å². The number of benzene rings is 1. The predicted molar refractivity (Wildman–Crippen MR) is 64.5 cm³/mol. The van der Waals surface area contributed by atoms with Crippen LogP contribution in [0, 0.1) is 6.92 Å². The second kappa shape index (κ2) is 6.79. The summed E-state index contributed by atoms with van der Waals surface area (Å²) in [6.45, 7) is 1.84. The summed E-state index contributed by atoms with van der Waals surface area (Å²) in [5.74, 6) is 0.303. The van der Waals surface area contributed by atoms with E-state index in [1.165, 1.54) is 0 Å². The van der Waals surface area contributed by atoms with E-state index >= 15 is 0 Å². The molecule has 0 saturated carbocycles. The maximum Gasteiger partial charge on any atom is 1.00 e. The van der Waals surface area contributed by atoms with Crippen LogP contribution in [0.4, 0.5) is 12.9 Å². The van der Waals surface area contributed by atoms with Gasteiger partial charge in [-0.15, -0.1) is 0 Å². The second-order valence-corrected chi connectivity index (χ2v) is 5.25. The average Bonchev–Trinajstić information content (AvgIpc) is 2.12.